The number of piperazine rings is 1. The highest BCUT2D eigenvalue weighted by atomic mass is 35.5. The minimum absolute atomic E-state index is 0. The average Bonchev–Trinajstić information content (AvgIpc) is 2.30. The van der Waals surface area contributed by atoms with E-state index in [-0.39, 0.29) is 24.9 Å². The maximum absolute atomic E-state index is 13.7. The number of benzene rings is 1. The van der Waals surface area contributed by atoms with E-state index in [4.69, 9.17) is 4.74 Å². The van der Waals surface area contributed by atoms with Gasteiger partial charge in [0.2, 0.25) is 5.91 Å². The Bertz CT molecular complexity index is 414. The summed E-state index contributed by atoms with van der Waals surface area (Å²) in [6.07, 6.45) is 0. The Morgan fingerprint density at radius 1 is 1.47 bits per heavy atom. The van der Waals surface area contributed by atoms with Crippen LogP contribution in [0.1, 0.15) is 0 Å². The van der Waals surface area contributed by atoms with Crippen LogP contribution >= 0.6 is 12.4 Å². The molecule has 1 aromatic carbocycles. The molecular weight excluding hydrogens is 247 g/mol. The van der Waals surface area contributed by atoms with Gasteiger partial charge in [-0.2, -0.15) is 0 Å². The summed E-state index contributed by atoms with van der Waals surface area (Å²) < 4.78 is 18.6. The van der Waals surface area contributed by atoms with Crippen LogP contribution in [0.25, 0.3) is 0 Å². The fraction of sp³-hybridized carbons (Fsp3) is 0.364. The van der Waals surface area contributed by atoms with E-state index in [1.54, 1.807) is 12.1 Å². The Kier molecular flexibility index (Phi) is 4.72. The van der Waals surface area contributed by atoms with E-state index >= 15 is 0 Å². The van der Waals surface area contributed by atoms with Gasteiger partial charge in [0.1, 0.15) is 5.75 Å². The van der Waals surface area contributed by atoms with Crippen molar-refractivity contribution in [2.24, 2.45) is 0 Å². The number of anilines is 1. The summed E-state index contributed by atoms with van der Waals surface area (Å²) in [5.41, 5.74) is 0.312. The van der Waals surface area contributed by atoms with Crippen molar-refractivity contribution in [3.05, 3.63) is 24.0 Å². The lowest BCUT2D eigenvalue weighted by molar-refractivity contribution is -0.118. The lowest BCUT2D eigenvalue weighted by Gasteiger charge is -2.27. The molecule has 0 spiro atoms. The lowest BCUT2D eigenvalue weighted by Crippen LogP contribution is -2.48. The average molecular weight is 261 g/mol. The Labute approximate surface area is 105 Å². The van der Waals surface area contributed by atoms with Crippen LogP contribution < -0.4 is 15.0 Å². The first kappa shape index (κ1) is 13.7. The van der Waals surface area contributed by atoms with E-state index in [1.165, 1.54) is 18.1 Å². The van der Waals surface area contributed by atoms with Crippen molar-refractivity contribution in [3.63, 3.8) is 0 Å². The third-order valence-corrected chi connectivity index (χ3v) is 2.54. The highest BCUT2D eigenvalue weighted by Crippen LogP contribution is 2.24. The van der Waals surface area contributed by atoms with Gasteiger partial charge >= 0.3 is 0 Å². The third-order valence-electron chi connectivity index (χ3n) is 2.54. The summed E-state index contributed by atoms with van der Waals surface area (Å²) in [4.78, 5) is 13.0. The van der Waals surface area contributed by atoms with E-state index in [9.17, 15) is 9.18 Å². The number of nitrogens with zero attached hydrogens (tertiary/aromatic N) is 1. The zero-order valence-electron chi connectivity index (χ0n) is 9.40. The second-order valence-corrected chi connectivity index (χ2v) is 3.54. The molecule has 2 rings (SSSR count). The van der Waals surface area contributed by atoms with Gasteiger partial charge in [-0.3, -0.25) is 4.79 Å². The molecule has 1 fully saturated rings. The summed E-state index contributed by atoms with van der Waals surface area (Å²) in [7, 11) is 1.48. The van der Waals surface area contributed by atoms with Gasteiger partial charge in [0.15, 0.2) is 5.82 Å². The van der Waals surface area contributed by atoms with Gasteiger partial charge in [-0.05, 0) is 12.1 Å². The highest BCUT2D eigenvalue weighted by Gasteiger charge is 2.21. The molecule has 1 heterocycles. The molecule has 0 radical (unpaired) electrons. The number of rotatable bonds is 2. The molecule has 1 amide bonds. The summed E-state index contributed by atoms with van der Waals surface area (Å²) in [5, 5.41) is 2.94. The fourth-order valence-corrected chi connectivity index (χ4v) is 1.69. The largest absolute Gasteiger partial charge is 0.497 e. The summed E-state index contributed by atoms with van der Waals surface area (Å²) >= 11 is 0. The Hall–Kier alpha value is -1.33. The summed E-state index contributed by atoms with van der Waals surface area (Å²) in [6, 6.07) is 4.50. The first-order valence-corrected chi connectivity index (χ1v) is 5.07. The van der Waals surface area contributed by atoms with Crippen LogP contribution in [-0.4, -0.2) is 32.7 Å². The van der Waals surface area contributed by atoms with Gasteiger partial charge < -0.3 is 15.0 Å². The molecule has 0 aliphatic carbocycles. The van der Waals surface area contributed by atoms with Crippen LogP contribution in [0, 0.1) is 5.82 Å². The number of hydrogen-bond donors (Lipinski definition) is 1. The molecule has 0 saturated carbocycles. The second-order valence-electron chi connectivity index (χ2n) is 3.54. The molecule has 6 heteroatoms. The molecule has 0 aromatic heterocycles. The molecule has 1 aromatic rings. The number of carbonyl (C=O) groups excluding carboxylic acids is 1. The number of methoxy groups -OCH3 is 1. The van der Waals surface area contributed by atoms with Gasteiger partial charge in [-0.15, -0.1) is 12.4 Å². The normalized spacial score (nSPS) is 15.4. The van der Waals surface area contributed by atoms with Crippen LogP contribution in [0.15, 0.2) is 18.2 Å². The Morgan fingerprint density at radius 2 is 2.24 bits per heavy atom. The van der Waals surface area contributed by atoms with E-state index in [2.05, 4.69) is 5.32 Å². The van der Waals surface area contributed by atoms with Gasteiger partial charge in [-0.1, -0.05) is 0 Å². The SMILES string of the molecule is COc1ccc(N2CCNCC2=O)c(F)c1.Cl. The number of ether oxygens (including phenoxy) is 1. The molecule has 1 N–H and O–H groups in total. The van der Waals surface area contributed by atoms with Crippen molar-refractivity contribution in [3.8, 4) is 5.75 Å². The molecule has 0 bridgehead atoms. The van der Waals surface area contributed by atoms with E-state index < -0.39 is 5.82 Å². The first-order valence-electron chi connectivity index (χ1n) is 5.07. The molecule has 0 unspecified atom stereocenters. The maximum Gasteiger partial charge on any atom is 0.241 e. The van der Waals surface area contributed by atoms with E-state index in [0.29, 0.717) is 24.5 Å². The first-order chi connectivity index (χ1) is 7.72. The topological polar surface area (TPSA) is 41.6 Å². The predicted molar refractivity (Wildman–Crippen MR) is 65.4 cm³/mol. The van der Waals surface area contributed by atoms with Crippen molar-refractivity contribution in [2.75, 3.05) is 31.6 Å². The quantitative estimate of drug-likeness (QED) is 0.869. The minimum atomic E-state index is -0.436. The van der Waals surface area contributed by atoms with Gasteiger partial charge in [0.25, 0.3) is 0 Å². The number of amides is 1. The Balaban J connectivity index is 0.00000144. The van der Waals surface area contributed by atoms with Crippen LogP contribution in [0.3, 0.4) is 0 Å². The van der Waals surface area contributed by atoms with Crippen molar-refractivity contribution in [1.29, 1.82) is 0 Å². The molecule has 4 nitrogen and oxygen atoms in total. The fourth-order valence-electron chi connectivity index (χ4n) is 1.69. The molecule has 17 heavy (non-hydrogen) atoms. The van der Waals surface area contributed by atoms with Crippen molar-refractivity contribution in [2.45, 2.75) is 0 Å². The van der Waals surface area contributed by atoms with Gasteiger partial charge in [-0.25, -0.2) is 4.39 Å². The zero-order valence-corrected chi connectivity index (χ0v) is 10.2. The number of carbonyl (C=O) groups is 1. The maximum atomic E-state index is 13.7. The van der Waals surface area contributed by atoms with Crippen molar-refractivity contribution in [1.82, 2.24) is 5.32 Å². The van der Waals surface area contributed by atoms with Crippen LogP contribution in [0.2, 0.25) is 0 Å². The van der Waals surface area contributed by atoms with E-state index in [0.717, 1.165) is 0 Å². The van der Waals surface area contributed by atoms with Crippen molar-refractivity contribution < 1.29 is 13.9 Å². The van der Waals surface area contributed by atoms with Crippen LogP contribution in [0.4, 0.5) is 10.1 Å². The number of nitrogens with one attached hydrogen (secondary N) is 1. The summed E-state index contributed by atoms with van der Waals surface area (Å²) in [5.74, 6) is -0.103. The molecule has 1 aliphatic rings. The smallest absolute Gasteiger partial charge is 0.241 e. The minimum Gasteiger partial charge on any atom is -0.497 e. The predicted octanol–water partition coefficient (Wildman–Crippen LogP) is 1.19. The molecule has 1 aliphatic heterocycles. The molecule has 94 valence electrons. The standard InChI is InChI=1S/C11H13FN2O2.ClH/c1-16-8-2-3-10(9(12)6-8)14-5-4-13-7-11(14)15;/h2-3,6,13H,4-5,7H2,1H3;1H. The monoisotopic (exact) mass is 260 g/mol. The van der Waals surface area contributed by atoms with E-state index in [1.807, 2.05) is 0 Å². The summed E-state index contributed by atoms with van der Waals surface area (Å²) in [6.45, 7) is 1.42. The second kappa shape index (κ2) is 5.84. The molecule has 1 saturated heterocycles. The van der Waals surface area contributed by atoms with Crippen molar-refractivity contribution >= 4 is 24.0 Å². The highest BCUT2D eigenvalue weighted by molar-refractivity contribution is 5.95. The zero-order chi connectivity index (χ0) is 11.5. The molecular formula is C11H14ClFN2O2. The lowest BCUT2D eigenvalue weighted by atomic mass is 10.2. The van der Waals surface area contributed by atoms with Gasteiger partial charge in [0, 0.05) is 19.2 Å². The Morgan fingerprint density at radius 3 is 2.82 bits per heavy atom. The van der Waals surface area contributed by atoms with Gasteiger partial charge in [0.05, 0.1) is 19.3 Å². The number of hydrogen-bond acceptors (Lipinski definition) is 3. The number of halogens is 2. The third kappa shape index (κ3) is 2.87. The molecule has 0 atom stereocenters. The van der Waals surface area contributed by atoms with Crippen LogP contribution in [0.5, 0.6) is 5.75 Å². The van der Waals surface area contributed by atoms with Crippen LogP contribution in [-0.2, 0) is 4.79 Å².